The molecule has 2 unspecified atom stereocenters. The van der Waals surface area contributed by atoms with Gasteiger partial charge in [0.25, 0.3) is 0 Å². The topological polar surface area (TPSA) is 80.4 Å². The standard InChI is InChI=1S/C11H23NO3S/c1-10(2,12)11(7-8-13)6-4-5-9(11)16(3,14)15/h9,13H,4-8,12H2,1-3H3. The van der Waals surface area contributed by atoms with E-state index in [2.05, 4.69) is 0 Å². The van der Waals surface area contributed by atoms with Crippen molar-refractivity contribution in [2.45, 2.75) is 50.3 Å². The molecular weight excluding hydrogens is 226 g/mol. The highest BCUT2D eigenvalue weighted by Gasteiger charge is 2.54. The Morgan fingerprint density at radius 2 is 2.06 bits per heavy atom. The molecule has 16 heavy (non-hydrogen) atoms. The minimum Gasteiger partial charge on any atom is -0.396 e. The summed E-state index contributed by atoms with van der Waals surface area (Å²) in [6.07, 6.45) is 4.07. The van der Waals surface area contributed by atoms with Crippen molar-refractivity contribution in [2.24, 2.45) is 11.1 Å². The van der Waals surface area contributed by atoms with E-state index in [0.717, 1.165) is 12.8 Å². The number of nitrogens with two attached hydrogens (primary N) is 1. The smallest absolute Gasteiger partial charge is 0.150 e. The van der Waals surface area contributed by atoms with E-state index in [4.69, 9.17) is 5.73 Å². The first-order valence-corrected chi connectivity index (χ1v) is 7.69. The first-order valence-electron chi connectivity index (χ1n) is 5.74. The number of sulfone groups is 1. The van der Waals surface area contributed by atoms with Gasteiger partial charge >= 0.3 is 0 Å². The molecule has 96 valence electrons. The minimum atomic E-state index is -3.11. The van der Waals surface area contributed by atoms with Crippen LogP contribution in [0.15, 0.2) is 0 Å². The van der Waals surface area contributed by atoms with E-state index in [9.17, 15) is 13.5 Å². The first kappa shape index (κ1) is 13.9. The van der Waals surface area contributed by atoms with Gasteiger partial charge in [0.2, 0.25) is 0 Å². The Bertz CT molecular complexity index is 345. The van der Waals surface area contributed by atoms with Crippen molar-refractivity contribution < 1.29 is 13.5 Å². The summed E-state index contributed by atoms with van der Waals surface area (Å²) in [4.78, 5) is 0. The van der Waals surface area contributed by atoms with Crippen LogP contribution in [0.3, 0.4) is 0 Å². The molecule has 0 heterocycles. The third-order valence-corrected chi connectivity index (χ3v) is 5.78. The van der Waals surface area contributed by atoms with Crippen LogP contribution >= 0.6 is 0 Å². The summed E-state index contributed by atoms with van der Waals surface area (Å²) in [6, 6.07) is 0. The molecule has 0 radical (unpaired) electrons. The maximum atomic E-state index is 11.8. The highest BCUT2D eigenvalue weighted by molar-refractivity contribution is 7.91. The molecule has 0 aromatic heterocycles. The van der Waals surface area contributed by atoms with Crippen molar-refractivity contribution in [3.05, 3.63) is 0 Å². The van der Waals surface area contributed by atoms with Gasteiger partial charge in [-0.3, -0.25) is 0 Å². The lowest BCUT2D eigenvalue weighted by molar-refractivity contribution is 0.109. The van der Waals surface area contributed by atoms with Gasteiger partial charge in [0.1, 0.15) is 0 Å². The summed E-state index contributed by atoms with van der Waals surface area (Å²) in [6.45, 7) is 3.73. The average molecular weight is 249 g/mol. The normalized spacial score (nSPS) is 31.9. The molecule has 1 saturated carbocycles. The molecule has 1 aliphatic rings. The third kappa shape index (κ3) is 2.26. The molecule has 4 nitrogen and oxygen atoms in total. The number of rotatable bonds is 4. The van der Waals surface area contributed by atoms with Crippen molar-refractivity contribution in [1.29, 1.82) is 0 Å². The van der Waals surface area contributed by atoms with Crippen molar-refractivity contribution in [1.82, 2.24) is 0 Å². The quantitative estimate of drug-likeness (QED) is 0.768. The van der Waals surface area contributed by atoms with Crippen LogP contribution in [0.4, 0.5) is 0 Å². The lowest BCUT2D eigenvalue weighted by atomic mass is 9.68. The largest absolute Gasteiger partial charge is 0.396 e. The molecule has 0 amide bonds. The maximum Gasteiger partial charge on any atom is 0.150 e. The Kier molecular flexibility index (Phi) is 3.72. The molecule has 0 aromatic carbocycles. The third-order valence-electron chi connectivity index (χ3n) is 4.06. The number of aliphatic hydroxyl groups excluding tert-OH is 1. The predicted octanol–water partition coefficient (Wildman–Crippen LogP) is 0.690. The second kappa shape index (κ2) is 4.27. The van der Waals surface area contributed by atoms with Crippen LogP contribution in [-0.2, 0) is 9.84 Å². The zero-order valence-corrected chi connectivity index (χ0v) is 11.2. The predicted molar refractivity (Wildman–Crippen MR) is 64.9 cm³/mol. The van der Waals surface area contributed by atoms with Crippen LogP contribution in [-0.4, -0.2) is 37.2 Å². The Morgan fingerprint density at radius 3 is 2.44 bits per heavy atom. The van der Waals surface area contributed by atoms with E-state index >= 15 is 0 Å². The van der Waals surface area contributed by atoms with E-state index in [0.29, 0.717) is 12.8 Å². The van der Waals surface area contributed by atoms with Gasteiger partial charge in [-0.05, 0) is 33.1 Å². The molecular formula is C11H23NO3S. The lowest BCUT2D eigenvalue weighted by Crippen LogP contribution is -2.57. The van der Waals surface area contributed by atoms with E-state index in [1.165, 1.54) is 6.26 Å². The van der Waals surface area contributed by atoms with Gasteiger partial charge in [0, 0.05) is 23.8 Å². The summed E-state index contributed by atoms with van der Waals surface area (Å²) in [5.41, 5.74) is 5.11. The highest BCUT2D eigenvalue weighted by atomic mass is 32.2. The summed E-state index contributed by atoms with van der Waals surface area (Å²) >= 11 is 0. The molecule has 5 heteroatoms. The first-order chi connectivity index (χ1) is 7.15. The molecule has 1 aliphatic carbocycles. The summed E-state index contributed by atoms with van der Waals surface area (Å²) in [7, 11) is -3.11. The minimum absolute atomic E-state index is 0.00729. The molecule has 0 aromatic rings. The molecule has 1 rings (SSSR count). The van der Waals surface area contributed by atoms with E-state index in [1.54, 1.807) is 0 Å². The monoisotopic (exact) mass is 249 g/mol. The molecule has 0 aliphatic heterocycles. The van der Waals surface area contributed by atoms with Gasteiger partial charge in [0.05, 0.1) is 5.25 Å². The fourth-order valence-corrected chi connectivity index (χ4v) is 5.16. The van der Waals surface area contributed by atoms with Crippen LogP contribution in [0, 0.1) is 5.41 Å². The van der Waals surface area contributed by atoms with Gasteiger partial charge in [-0.25, -0.2) is 8.42 Å². The van der Waals surface area contributed by atoms with E-state index in [1.807, 2.05) is 13.8 Å². The molecule has 0 spiro atoms. The van der Waals surface area contributed by atoms with Gasteiger partial charge < -0.3 is 10.8 Å². The van der Waals surface area contributed by atoms with Crippen molar-refractivity contribution in [2.75, 3.05) is 12.9 Å². The summed E-state index contributed by atoms with van der Waals surface area (Å²) < 4.78 is 23.7. The van der Waals surface area contributed by atoms with Gasteiger partial charge in [-0.2, -0.15) is 0 Å². The Hall–Kier alpha value is -0.130. The van der Waals surface area contributed by atoms with Crippen LogP contribution in [0.25, 0.3) is 0 Å². The van der Waals surface area contributed by atoms with Crippen LogP contribution in [0.1, 0.15) is 39.5 Å². The maximum absolute atomic E-state index is 11.8. The fourth-order valence-electron chi connectivity index (χ4n) is 3.21. The van der Waals surface area contributed by atoms with Gasteiger partial charge in [-0.1, -0.05) is 6.42 Å². The van der Waals surface area contributed by atoms with Crippen molar-refractivity contribution in [3.8, 4) is 0 Å². The molecule has 0 bridgehead atoms. The SMILES string of the molecule is CC(C)(N)C1(CCO)CCCC1S(C)(=O)=O. The van der Waals surface area contributed by atoms with Crippen LogP contribution in [0.2, 0.25) is 0 Å². The molecule has 3 N–H and O–H groups in total. The number of hydrogen-bond acceptors (Lipinski definition) is 4. The zero-order valence-electron chi connectivity index (χ0n) is 10.4. The number of aliphatic hydroxyl groups is 1. The molecule has 0 saturated heterocycles. The van der Waals surface area contributed by atoms with Gasteiger partial charge in [0.15, 0.2) is 9.84 Å². The summed E-state index contributed by atoms with van der Waals surface area (Å²) in [5.74, 6) is 0. The Labute approximate surface area is 98.1 Å². The molecule has 2 atom stereocenters. The second-order valence-electron chi connectivity index (χ2n) is 5.56. The highest BCUT2D eigenvalue weighted by Crippen LogP contribution is 2.50. The van der Waals surface area contributed by atoms with E-state index in [-0.39, 0.29) is 6.61 Å². The van der Waals surface area contributed by atoms with Crippen LogP contribution in [0.5, 0.6) is 0 Å². The van der Waals surface area contributed by atoms with Gasteiger partial charge in [-0.15, -0.1) is 0 Å². The Balaban J connectivity index is 3.19. The molecule has 1 fully saturated rings. The van der Waals surface area contributed by atoms with E-state index < -0.39 is 26.0 Å². The number of hydrogen-bond donors (Lipinski definition) is 2. The summed E-state index contributed by atoms with van der Waals surface area (Å²) in [5, 5.41) is 8.78. The van der Waals surface area contributed by atoms with Crippen molar-refractivity contribution >= 4 is 9.84 Å². The van der Waals surface area contributed by atoms with Crippen LogP contribution < -0.4 is 5.73 Å². The zero-order chi connectivity index (χ0) is 12.6. The second-order valence-corrected chi connectivity index (χ2v) is 7.79. The van der Waals surface area contributed by atoms with Crippen molar-refractivity contribution in [3.63, 3.8) is 0 Å². The fraction of sp³-hybridized carbons (Fsp3) is 1.00. The average Bonchev–Trinajstić information content (AvgIpc) is 2.47. The lowest BCUT2D eigenvalue weighted by Gasteiger charge is -2.45. The Morgan fingerprint density at radius 1 is 1.50 bits per heavy atom.